The lowest BCUT2D eigenvalue weighted by atomic mass is 10.2. The summed E-state index contributed by atoms with van der Waals surface area (Å²) in [5.74, 6) is 0.191. The number of nitrogens with one attached hydrogen (secondary N) is 1. The molecule has 2 rings (SSSR count). The lowest BCUT2D eigenvalue weighted by Gasteiger charge is -2.14. The second-order valence-corrected chi connectivity index (χ2v) is 5.42. The summed E-state index contributed by atoms with van der Waals surface area (Å²) in [6, 6.07) is 2.68. The van der Waals surface area contributed by atoms with Gasteiger partial charge in [-0.3, -0.25) is 4.79 Å². The van der Waals surface area contributed by atoms with E-state index in [1.165, 1.54) is 10.4 Å². The number of hydrogen-bond acceptors (Lipinski definition) is 3. The molecule has 0 unspecified atom stereocenters. The molecule has 1 aliphatic rings. The van der Waals surface area contributed by atoms with E-state index in [0.29, 0.717) is 6.04 Å². The Balaban J connectivity index is 1.77. The van der Waals surface area contributed by atoms with Gasteiger partial charge in [0.15, 0.2) is 0 Å². The third-order valence-electron chi connectivity index (χ3n) is 2.98. The van der Waals surface area contributed by atoms with Gasteiger partial charge in [-0.2, -0.15) is 0 Å². The van der Waals surface area contributed by atoms with Gasteiger partial charge in [0.25, 0.3) is 0 Å². The molecule has 88 valence electrons. The summed E-state index contributed by atoms with van der Waals surface area (Å²) in [7, 11) is 0. The fourth-order valence-corrected chi connectivity index (χ4v) is 2.87. The summed E-state index contributed by atoms with van der Waals surface area (Å²) in [5.41, 5.74) is 1.33. The monoisotopic (exact) mass is 238 g/mol. The highest BCUT2D eigenvalue weighted by Gasteiger charge is 2.23. The first-order valence-electron chi connectivity index (χ1n) is 5.68. The molecule has 1 amide bonds. The Bertz CT molecular complexity index is 375. The summed E-state index contributed by atoms with van der Waals surface area (Å²) in [4.78, 5) is 14.5. The highest BCUT2D eigenvalue weighted by Crippen LogP contribution is 2.15. The maximum atomic E-state index is 11.2. The van der Waals surface area contributed by atoms with Crippen LogP contribution >= 0.6 is 11.3 Å². The van der Waals surface area contributed by atoms with Crippen molar-refractivity contribution in [3.63, 3.8) is 0 Å². The van der Waals surface area contributed by atoms with Gasteiger partial charge in [-0.15, -0.1) is 11.3 Å². The van der Waals surface area contributed by atoms with E-state index >= 15 is 0 Å². The Labute approximate surface area is 100 Å². The van der Waals surface area contributed by atoms with Gasteiger partial charge in [-0.25, -0.2) is 0 Å². The maximum Gasteiger partial charge on any atom is 0.219 e. The molecule has 1 N–H and O–H groups in total. The molecule has 2 heterocycles. The molecule has 16 heavy (non-hydrogen) atoms. The second kappa shape index (κ2) is 4.97. The molecule has 0 saturated carbocycles. The molecule has 4 heteroatoms. The average Bonchev–Trinajstić information content (AvgIpc) is 2.83. The Kier molecular flexibility index (Phi) is 3.61. The summed E-state index contributed by atoms with van der Waals surface area (Å²) < 4.78 is 0. The van der Waals surface area contributed by atoms with Crippen molar-refractivity contribution in [3.8, 4) is 0 Å². The normalized spacial score (nSPS) is 20.4. The quantitative estimate of drug-likeness (QED) is 0.870. The van der Waals surface area contributed by atoms with Gasteiger partial charge in [-0.05, 0) is 30.4 Å². The van der Waals surface area contributed by atoms with E-state index in [1.54, 1.807) is 18.3 Å². The number of rotatable bonds is 3. The van der Waals surface area contributed by atoms with E-state index in [4.69, 9.17) is 0 Å². The molecule has 1 aromatic heterocycles. The SMILES string of the molecule is CC(=O)N1CC[C@H](NCc2cc(C)cs2)C1. The van der Waals surface area contributed by atoms with Crippen LogP contribution in [-0.2, 0) is 11.3 Å². The molecule has 1 fully saturated rings. The molecule has 1 atom stereocenters. The number of hydrogen-bond donors (Lipinski definition) is 1. The van der Waals surface area contributed by atoms with Crippen molar-refractivity contribution in [2.45, 2.75) is 32.9 Å². The minimum Gasteiger partial charge on any atom is -0.341 e. The smallest absolute Gasteiger partial charge is 0.219 e. The Morgan fingerprint density at radius 2 is 2.50 bits per heavy atom. The minimum atomic E-state index is 0.191. The van der Waals surface area contributed by atoms with Crippen molar-refractivity contribution < 1.29 is 4.79 Å². The highest BCUT2D eigenvalue weighted by molar-refractivity contribution is 7.10. The first kappa shape index (κ1) is 11.6. The van der Waals surface area contributed by atoms with Crippen LogP contribution in [0.5, 0.6) is 0 Å². The fraction of sp³-hybridized carbons (Fsp3) is 0.583. The lowest BCUT2D eigenvalue weighted by molar-refractivity contribution is -0.127. The second-order valence-electron chi connectivity index (χ2n) is 4.42. The number of thiophene rings is 1. The van der Waals surface area contributed by atoms with Crippen LogP contribution in [0.25, 0.3) is 0 Å². The van der Waals surface area contributed by atoms with Gasteiger partial charge in [0.1, 0.15) is 0 Å². The molecule has 0 aliphatic carbocycles. The van der Waals surface area contributed by atoms with Gasteiger partial charge in [-0.1, -0.05) is 0 Å². The highest BCUT2D eigenvalue weighted by atomic mass is 32.1. The number of nitrogens with zero attached hydrogens (tertiary/aromatic N) is 1. The van der Waals surface area contributed by atoms with E-state index < -0.39 is 0 Å². The summed E-state index contributed by atoms with van der Waals surface area (Å²) in [6.07, 6.45) is 1.07. The van der Waals surface area contributed by atoms with Crippen LogP contribution in [0.3, 0.4) is 0 Å². The van der Waals surface area contributed by atoms with Crippen LogP contribution in [0.4, 0.5) is 0 Å². The van der Waals surface area contributed by atoms with Crippen molar-refractivity contribution in [1.82, 2.24) is 10.2 Å². The molecule has 0 spiro atoms. The van der Waals surface area contributed by atoms with Crippen LogP contribution < -0.4 is 5.32 Å². The zero-order chi connectivity index (χ0) is 11.5. The van der Waals surface area contributed by atoms with Crippen LogP contribution in [0.15, 0.2) is 11.4 Å². The van der Waals surface area contributed by atoms with Crippen LogP contribution in [-0.4, -0.2) is 29.9 Å². The Morgan fingerprint density at radius 1 is 1.69 bits per heavy atom. The van der Waals surface area contributed by atoms with E-state index in [-0.39, 0.29) is 5.91 Å². The van der Waals surface area contributed by atoms with Crippen molar-refractivity contribution in [2.75, 3.05) is 13.1 Å². The fourth-order valence-electron chi connectivity index (χ4n) is 2.04. The van der Waals surface area contributed by atoms with Crippen molar-refractivity contribution in [3.05, 3.63) is 21.9 Å². The van der Waals surface area contributed by atoms with Crippen LogP contribution in [0.2, 0.25) is 0 Å². The topological polar surface area (TPSA) is 32.3 Å². The zero-order valence-corrected chi connectivity index (χ0v) is 10.6. The predicted molar refractivity (Wildman–Crippen MR) is 66.6 cm³/mol. The minimum absolute atomic E-state index is 0.191. The molecular formula is C12H18N2OS. The van der Waals surface area contributed by atoms with Crippen molar-refractivity contribution in [2.24, 2.45) is 0 Å². The van der Waals surface area contributed by atoms with Gasteiger partial charge < -0.3 is 10.2 Å². The van der Waals surface area contributed by atoms with Crippen molar-refractivity contribution in [1.29, 1.82) is 0 Å². The lowest BCUT2D eigenvalue weighted by Crippen LogP contribution is -2.33. The predicted octanol–water partition coefficient (Wildman–Crippen LogP) is 1.77. The third kappa shape index (κ3) is 2.83. The molecule has 0 aromatic carbocycles. The largest absolute Gasteiger partial charge is 0.341 e. The number of aryl methyl sites for hydroxylation is 1. The molecule has 0 radical (unpaired) electrons. The number of carbonyl (C=O) groups excluding carboxylic acids is 1. The van der Waals surface area contributed by atoms with E-state index in [1.807, 2.05) is 4.90 Å². The average molecular weight is 238 g/mol. The molecular weight excluding hydrogens is 220 g/mol. The number of likely N-dealkylation sites (tertiary alicyclic amines) is 1. The first-order chi connectivity index (χ1) is 7.65. The van der Waals surface area contributed by atoms with Crippen LogP contribution in [0, 0.1) is 6.92 Å². The zero-order valence-electron chi connectivity index (χ0n) is 9.82. The number of carbonyl (C=O) groups is 1. The standard InChI is InChI=1S/C12H18N2OS/c1-9-5-12(16-8-9)6-13-11-3-4-14(7-11)10(2)15/h5,8,11,13H,3-4,6-7H2,1-2H3/t11-/m0/s1. The Hall–Kier alpha value is -0.870. The maximum absolute atomic E-state index is 11.2. The van der Waals surface area contributed by atoms with Gasteiger partial charge in [0.2, 0.25) is 5.91 Å². The third-order valence-corrected chi connectivity index (χ3v) is 4.04. The summed E-state index contributed by atoms with van der Waals surface area (Å²) in [5, 5.41) is 5.69. The van der Waals surface area contributed by atoms with Gasteiger partial charge in [0.05, 0.1) is 0 Å². The Morgan fingerprint density at radius 3 is 3.06 bits per heavy atom. The number of amides is 1. The van der Waals surface area contributed by atoms with Gasteiger partial charge in [0, 0.05) is 37.5 Å². The molecule has 0 bridgehead atoms. The molecule has 1 aromatic rings. The van der Waals surface area contributed by atoms with E-state index in [2.05, 4.69) is 23.7 Å². The van der Waals surface area contributed by atoms with Crippen molar-refractivity contribution >= 4 is 17.2 Å². The molecule has 1 saturated heterocycles. The van der Waals surface area contributed by atoms with E-state index in [0.717, 1.165) is 26.1 Å². The van der Waals surface area contributed by atoms with Crippen LogP contribution in [0.1, 0.15) is 23.8 Å². The molecule has 1 aliphatic heterocycles. The van der Waals surface area contributed by atoms with Gasteiger partial charge >= 0.3 is 0 Å². The first-order valence-corrected chi connectivity index (χ1v) is 6.56. The van der Waals surface area contributed by atoms with E-state index in [9.17, 15) is 4.79 Å². The summed E-state index contributed by atoms with van der Waals surface area (Å²) in [6.45, 7) is 6.45. The molecule has 3 nitrogen and oxygen atoms in total. The summed E-state index contributed by atoms with van der Waals surface area (Å²) >= 11 is 1.80.